The Morgan fingerprint density at radius 1 is 1.39 bits per heavy atom. The highest BCUT2D eigenvalue weighted by Gasteiger charge is 2.06. The minimum absolute atomic E-state index is 0.0374. The van der Waals surface area contributed by atoms with Gasteiger partial charge in [0, 0.05) is 19.0 Å². The summed E-state index contributed by atoms with van der Waals surface area (Å²) in [7, 11) is 1.44. The average molecular weight is 274 g/mol. The molecule has 0 spiro atoms. The van der Waals surface area contributed by atoms with Gasteiger partial charge < -0.3 is 15.4 Å². The predicted molar refractivity (Wildman–Crippen MR) is 67.8 cm³/mol. The summed E-state index contributed by atoms with van der Waals surface area (Å²) in [6.07, 6.45) is 0.323. The molecular weight excluding hydrogens is 258 g/mol. The fourth-order valence-electron chi connectivity index (χ4n) is 1.18. The van der Waals surface area contributed by atoms with Crippen LogP contribution in [0.5, 0.6) is 6.01 Å². The van der Waals surface area contributed by atoms with Crippen LogP contribution in [-0.2, 0) is 4.79 Å². The van der Waals surface area contributed by atoms with Crippen molar-refractivity contribution in [1.82, 2.24) is 20.3 Å². The summed E-state index contributed by atoms with van der Waals surface area (Å²) in [5.74, 6) is 0.244. The van der Waals surface area contributed by atoms with Crippen LogP contribution in [0, 0.1) is 0 Å². The van der Waals surface area contributed by atoms with E-state index in [9.17, 15) is 4.79 Å². The standard InChI is InChI=1S/C10H16ClN5O2/c1-6(2)13-7(17)4-5-12-9-14-8(11)15-10(16-9)18-3/h6H,4-5H2,1-3H3,(H,13,17)(H,12,14,15,16). The van der Waals surface area contributed by atoms with Gasteiger partial charge in [-0.15, -0.1) is 0 Å². The summed E-state index contributed by atoms with van der Waals surface area (Å²) in [4.78, 5) is 22.9. The van der Waals surface area contributed by atoms with Crippen molar-refractivity contribution >= 4 is 23.5 Å². The van der Waals surface area contributed by atoms with Gasteiger partial charge >= 0.3 is 6.01 Å². The molecule has 2 N–H and O–H groups in total. The zero-order valence-corrected chi connectivity index (χ0v) is 11.3. The van der Waals surface area contributed by atoms with Crippen LogP contribution < -0.4 is 15.4 Å². The number of hydrogen-bond donors (Lipinski definition) is 2. The van der Waals surface area contributed by atoms with E-state index in [2.05, 4.69) is 25.6 Å². The Bertz CT molecular complexity index is 413. The van der Waals surface area contributed by atoms with E-state index in [4.69, 9.17) is 16.3 Å². The van der Waals surface area contributed by atoms with Gasteiger partial charge in [-0.3, -0.25) is 4.79 Å². The Morgan fingerprint density at radius 3 is 2.72 bits per heavy atom. The third-order valence-electron chi connectivity index (χ3n) is 1.86. The summed E-state index contributed by atoms with van der Waals surface area (Å²) in [6.45, 7) is 4.21. The summed E-state index contributed by atoms with van der Waals surface area (Å²) < 4.78 is 4.85. The molecule has 0 saturated carbocycles. The lowest BCUT2D eigenvalue weighted by molar-refractivity contribution is -0.121. The minimum Gasteiger partial charge on any atom is -0.467 e. The van der Waals surface area contributed by atoms with Gasteiger partial charge in [0.25, 0.3) is 0 Å². The number of ether oxygens (including phenoxy) is 1. The molecule has 7 nitrogen and oxygen atoms in total. The fourth-order valence-corrected chi connectivity index (χ4v) is 1.34. The number of nitrogens with zero attached hydrogens (tertiary/aromatic N) is 3. The lowest BCUT2D eigenvalue weighted by atomic mass is 10.3. The Kier molecular flexibility index (Phi) is 5.57. The molecular formula is C10H16ClN5O2. The third-order valence-corrected chi connectivity index (χ3v) is 2.02. The molecule has 1 amide bonds. The van der Waals surface area contributed by atoms with Crippen LogP contribution >= 0.6 is 11.6 Å². The number of carbonyl (C=O) groups is 1. The normalized spacial score (nSPS) is 10.3. The molecule has 0 unspecified atom stereocenters. The smallest absolute Gasteiger partial charge is 0.322 e. The summed E-state index contributed by atoms with van der Waals surface area (Å²) in [6, 6.07) is 0.258. The van der Waals surface area contributed by atoms with E-state index in [1.54, 1.807) is 0 Å². The van der Waals surface area contributed by atoms with Crippen molar-refractivity contribution in [3.05, 3.63) is 5.28 Å². The van der Waals surface area contributed by atoms with Gasteiger partial charge in [0.1, 0.15) is 0 Å². The lowest BCUT2D eigenvalue weighted by Crippen LogP contribution is -2.31. The van der Waals surface area contributed by atoms with Crippen molar-refractivity contribution in [3.63, 3.8) is 0 Å². The van der Waals surface area contributed by atoms with Gasteiger partial charge in [-0.1, -0.05) is 0 Å². The highest BCUT2D eigenvalue weighted by Crippen LogP contribution is 2.10. The molecule has 1 rings (SSSR count). The van der Waals surface area contributed by atoms with E-state index in [1.165, 1.54) is 7.11 Å². The Balaban J connectivity index is 2.44. The number of amides is 1. The van der Waals surface area contributed by atoms with Crippen LogP contribution in [0.1, 0.15) is 20.3 Å². The quantitative estimate of drug-likeness (QED) is 0.799. The summed E-state index contributed by atoms with van der Waals surface area (Å²) in [5.41, 5.74) is 0. The summed E-state index contributed by atoms with van der Waals surface area (Å²) in [5, 5.41) is 5.69. The molecule has 0 aliphatic rings. The molecule has 0 aliphatic carbocycles. The SMILES string of the molecule is COc1nc(Cl)nc(NCCC(=O)NC(C)C)n1. The van der Waals surface area contributed by atoms with Crippen molar-refractivity contribution in [2.45, 2.75) is 26.3 Å². The van der Waals surface area contributed by atoms with Gasteiger partial charge in [-0.25, -0.2) is 0 Å². The van der Waals surface area contributed by atoms with Crippen LogP contribution in [0.25, 0.3) is 0 Å². The van der Waals surface area contributed by atoms with Crippen molar-refractivity contribution in [2.75, 3.05) is 19.0 Å². The zero-order chi connectivity index (χ0) is 13.5. The number of methoxy groups -OCH3 is 1. The van der Waals surface area contributed by atoms with Crippen molar-refractivity contribution in [2.24, 2.45) is 0 Å². The van der Waals surface area contributed by atoms with Gasteiger partial charge in [0.15, 0.2) is 0 Å². The number of halogens is 1. The second kappa shape index (κ2) is 6.95. The van der Waals surface area contributed by atoms with Gasteiger partial charge in [-0.05, 0) is 25.4 Å². The first-order chi connectivity index (χ1) is 8.51. The van der Waals surface area contributed by atoms with Crippen LogP contribution in [0.2, 0.25) is 5.28 Å². The number of carbonyl (C=O) groups excluding carboxylic acids is 1. The second-order valence-electron chi connectivity index (χ2n) is 3.81. The fraction of sp³-hybridized carbons (Fsp3) is 0.600. The van der Waals surface area contributed by atoms with E-state index < -0.39 is 0 Å². The van der Waals surface area contributed by atoms with Crippen LogP contribution in [-0.4, -0.2) is 40.6 Å². The van der Waals surface area contributed by atoms with Crippen LogP contribution in [0.15, 0.2) is 0 Å². The molecule has 1 aromatic heterocycles. The highest BCUT2D eigenvalue weighted by molar-refractivity contribution is 6.28. The molecule has 0 fully saturated rings. The van der Waals surface area contributed by atoms with E-state index in [-0.39, 0.29) is 29.2 Å². The molecule has 0 aliphatic heterocycles. The molecule has 0 atom stereocenters. The van der Waals surface area contributed by atoms with Crippen molar-refractivity contribution in [1.29, 1.82) is 0 Å². The molecule has 100 valence electrons. The predicted octanol–water partition coefficient (Wildman–Crippen LogP) is 0.860. The van der Waals surface area contributed by atoms with Gasteiger partial charge in [-0.2, -0.15) is 15.0 Å². The van der Waals surface area contributed by atoms with Gasteiger partial charge in [0.2, 0.25) is 17.1 Å². The summed E-state index contributed by atoms with van der Waals surface area (Å²) >= 11 is 5.68. The largest absolute Gasteiger partial charge is 0.467 e. The minimum atomic E-state index is -0.0374. The number of hydrogen-bond acceptors (Lipinski definition) is 6. The molecule has 0 radical (unpaired) electrons. The first kappa shape index (κ1) is 14.4. The van der Waals surface area contributed by atoms with Crippen molar-refractivity contribution < 1.29 is 9.53 Å². The Labute approximate surface area is 110 Å². The molecule has 0 saturated heterocycles. The monoisotopic (exact) mass is 273 g/mol. The maximum absolute atomic E-state index is 11.4. The molecule has 18 heavy (non-hydrogen) atoms. The number of anilines is 1. The van der Waals surface area contributed by atoms with Crippen LogP contribution in [0.4, 0.5) is 5.95 Å². The topological polar surface area (TPSA) is 89.0 Å². The van der Waals surface area contributed by atoms with E-state index >= 15 is 0 Å². The van der Waals surface area contributed by atoms with Crippen LogP contribution in [0.3, 0.4) is 0 Å². The lowest BCUT2D eigenvalue weighted by Gasteiger charge is -2.09. The molecule has 8 heteroatoms. The average Bonchev–Trinajstić information content (AvgIpc) is 2.27. The Hall–Kier alpha value is -1.63. The van der Waals surface area contributed by atoms with Gasteiger partial charge in [0.05, 0.1) is 7.11 Å². The number of rotatable bonds is 6. The first-order valence-electron chi connectivity index (χ1n) is 5.50. The first-order valence-corrected chi connectivity index (χ1v) is 5.88. The van der Waals surface area contributed by atoms with E-state index in [1.807, 2.05) is 13.8 Å². The molecule has 0 bridgehead atoms. The molecule has 1 heterocycles. The second-order valence-corrected chi connectivity index (χ2v) is 4.15. The molecule has 1 aromatic rings. The zero-order valence-electron chi connectivity index (χ0n) is 10.5. The maximum Gasteiger partial charge on any atom is 0.322 e. The highest BCUT2D eigenvalue weighted by atomic mass is 35.5. The maximum atomic E-state index is 11.4. The number of aromatic nitrogens is 3. The van der Waals surface area contributed by atoms with E-state index in [0.29, 0.717) is 13.0 Å². The number of nitrogens with one attached hydrogen (secondary N) is 2. The Morgan fingerprint density at radius 2 is 2.11 bits per heavy atom. The third kappa shape index (κ3) is 5.13. The van der Waals surface area contributed by atoms with Crippen molar-refractivity contribution in [3.8, 4) is 6.01 Å². The van der Waals surface area contributed by atoms with E-state index in [0.717, 1.165) is 0 Å². The molecule has 0 aromatic carbocycles.